The fourth-order valence-corrected chi connectivity index (χ4v) is 4.82. The molecule has 3 rings (SSSR count). The second-order valence-corrected chi connectivity index (χ2v) is 9.83. The van der Waals surface area contributed by atoms with Gasteiger partial charge in [-0.2, -0.15) is 0 Å². The highest BCUT2D eigenvalue weighted by atomic mass is 79.9. The molecule has 0 spiro atoms. The molecule has 0 bridgehead atoms. The summed E-state index contributed by atoms with van der Waals surface area (Å²) in [7, 11) is -3.66. The first kappa shape index (κ1) is 18.4. The van der Waals surface area contributed by atoms with Crippen molar-refractivity contribution < 1.29 is 17.9 Å². The van der Waals surface area contributed by atoms with E-state index in [2.05, 4.69) is 36.7 Å². The molecule has 0 radical (unpaired) electrons. The Bertz CT molecular complexity index is 881. The Labute approximate surface area is 157 Å². The van der Waals surface area contributed by atoms with Crippen LogP contribution in [0.2, 0.25) is 0 Å². The average molecular weight is 425 g/mol. The van der Waals surface area contributed by atoms with Gasteiger partial charge in [0.05, 0.1) is 20.9 Å². The fourth-order valence-electron chi connectivity index (χ4n) is 2.41. The van der Waals surface area contributed by atoms with Crippen molar-refractivity contribution in [3.05, 3.63) is 52.5 Å². The van der Waals surface area contributed by atoms with Crippen LogP contribution >= 0.6 is 15.9 Å². The molecule has 25 heavy (non-hydrogen) atoms. The molecular formula is C19H21BrO4S. The van der Waals surface area contributed by atoms with Crippen molar-refractivity contribution in [1.29, 1.82) is 0 Å². The number of rotatable bonds is 5. The van der Waals surface area contributed by atoms with Crippen molar-refractivity contribution >= 4 is 25.8 Å². The zero-order valence-electron chi connectivity index (χ0n) is 14.5. The van der Waals surface area contributed by atoms with E-state index in [1.165, 1.54) is 0 Å². The lowest BCUT2D eigenvalue weighted by Crippen LogP contribution is -2.12. The third-order valence-corrected chi connectivity index (χ3v) is 6.93. The SMILES string of the molecule is CC(C)(C)c1cccc(S(=O)(=O)c2cccc(OCC3CO3)c2Br)c1. The molecule has 0 saturated carbocycles. The lowest BCUT2D eigenvalue weighted by atomic mass is 9.87. The number of sulfone groups is 1. The van der Waals surface area contributed by atoms with Crippen LogP contribution in [0.4, 0.5) is 0 Å². The first-order valence-electron chi connectivity index (χ1n) is 8.08. The molecular weight excluding hydrogens is 404 g/mol. The molecule has 4 nitrogen and oxygen atoms in total. The third kappa shape index (κ3) is 4.07. The Balaban J connectivity index is 1.98. The zero-order chi connectivity index (χ0) is 18.2. The van der Waals surface area contributed by atoms with Crippen LogP contribution in [0.5, 0.6) is 5.75 Å². The van der Waals surface area contributed by atoms with Crippen LogP contribution in [0, 0.1) is 0 Å². The molecule has 6 heteroatoms. The molecule has 0 aromatic heterocycles. The molecule has 1 atom stereocenters. The van der Waals surface area contributed by atoms with Gasteiger partial charge < -0.3 is 9.47 Å². The number of ether oxygens (including phenoxy) is 2. The molecule has 1 aliphatic heterocycles. The van der Waals surface area contributed by atoms with E-state index in [1.807, 2.05) is 6.07 Å². The smallest absolute Gasteiger partial charge is 0.207 e. The van der Waals surface area contributed by atoms with Crippen molar-refractivity contribution in [2.24, 2.45) is 0 Å². The van der Waals surface area contributed by atoms with Crippen molar-refractivity contribution in [2.75, 3.05) is 13.2 Å². The van der Waals surface area contributed by atoms with E-state index in [1.54, 1.807) is 36.4 Å². The maximum atomic E-state index is 13.1. The first-order valence-corrected chi connectivity index (χ1v) is 10.4. The Morgan fingerprint density at radius 3 is 2.52 bits per heavy atom. The predicted molar refractivity (Wildman–Crippen MR) is 100.0 cm³/mol. The molecule has 1 heterocycles. The fraction of sp³-hybridized carbons (Fsp3) is 0.368. The minimum Gasteiger partial charge on any atom is -0.490 e. The Kier molecular flexibility index (Phi) is 4.97. The van der Waals surface area contributed by atoms with Crippen LogP contribution in [0.25, 0.3) is 0 Å². The summed E-state index contributed by atoms with van der Waals surface area (Å²) in [5.74, 6) is 0.503. The molecule has 0 amide bonds. The standard InChI is InChI=1S/C19H21BrO4S/c1-19(2,3)13-6-4-7-15(10-13)25(21,22)17-9-5-8-16(18(17)20)24-12-14-11-23-14/h4-10,14H,11-12H2,1-3H3. The molecule has 1 aliphatic rings. The van der Waals surface area contributed by atoms with Gasteiger partial charge in [-0.3, -0.25) is 0 Å². The summed E-state index contributed by atoms with van der Waals surface area (Å²) in [6.07, 6.45) is 0.107. The van der Waals surface area contributed by atoms with E-state index < -0.39 is 9.84 Å². The van der Waals surface area contributed by atoms with Crippen LogP contribution in [0.1, 0.15) is 26.3 Å². The summed E-state index contributed by atoms with van der Waals surface area (Å²) < 4.78 is 37.5. The lowest BCUT2D eigenvalue weighted by molar-refractivity contribution is 0.261. The van der Waals surface area contributed by atoms with E-state index >= 15 is 0 Å². The topological polar surface area (TPSA) is 55.9 Å². The lowest BCUT2D eigenvalue weighted by Gasteiger charge is -2.20. The van der Waals surface area contributed by atoms with Crippen molar-refractivity contribution in [3.8, 4) is 5.75 Å². The average Bonchev–Trinajstić information content (AvgIpc) is 3.37. The van der Waals surface area contributed by atoms with Crippen LogP contribution in [0.15, 0.2) is 56.7 Å². The van der Waals surface area contributed by atoms with Crippen LogP contribution in [0.3, 0.4) is 0 Å². The molecule has 2 aromatic rings. The maximum Gasteiger partial charge on any atom is 0.207 e. The van der Waals surface area contributed by atoms with Gasteiger partial charge in [-0.25, -0.2) is 8.42 Å². The maximum absolute atomic E-state index is 13.1. The van der Waals surface area contributed by atoms with Crippen molar-refractivity contribution in [3.63, 3.8) is 0 Å². The van der Waals surface area contributed by atoms with E-state index in [-0.39, 0.29) is 21.3 Å². The Morgan fingerprint density at radius 2 is 1.88 bits per heavy atom. The first-order chi connectivity index (χ1) is 11.7. The summed E-state index contributed by atoms with van der Waals surface area (Å²) in [5, 5.41) is 0. The largest absolute Gasteiger partial charge is 0.490 e. The highest BCUT2D eigenvalue weighted by Crippen LogP contribution is 2.36. The highest BCUT2D eigenvalue weighted by molar-refractivity contribution is 9.10. The van der Waals surface area contributed by atoms with Crippen molar-refractivity contribution in [2.45, 2.75) is 42.1 Å². The molecule has 134 valence electrons. The summed E-state index contributed by atoms with van der Waals surface area (Å²) in [4.78, 5) is 0.482. The van der Waals surface area contributed by atoms with Gasteiger partial charge in [-0.1, -0.05) is 39.0 Å². The second kappa shape index (κ2) is 6.74. The minimum absolute atomic E-state index is 0.107. The number of hydrogen-bond donors (Lipinski definition) is 0. The van der Waals surface area contributed by atoms with Crippen molar-refractivity contribution in [1.82, 2.24) is 0 Å². The van der Waals surface area contributed by atoms with E-state index in [0.29, 0.717) is 23.4 Å². The normalized spacial score (nSPS) is 17.4. The summed E-state index contributed by atoms with van der Waals surface area (Å²) >= 11 is 3.40. The molecule has 1 saturated heterocycles. The van der Waals surface area contributed by atoms with Gasteiger partial charge >= 0.3 is 0 Å². The zero-order valence-corrected chi connectivity index (χ0v) is 16.9. The van der Waals surface area contributed by atoms with Gasteiger partial charge in [0.2, 0.25) is 9.84 Å². The van der Waals surface area contributed by atoms with E-state index in [4.69, 9.17) is 9.47 Å². The summed E-state index contributed by atoms with van der Waals surface area (Å²) in [6, 6.07) is 12.1. The van der Waals surface area contributed by atoms with Gasteiger partial charge in [0.15, 0.2) is 0 Å². The van der Waals surface area contributed by atoms with Crippen LogP contribution < -0.4 is 4.74 Å². The van der Waals surface area contributed by atoms with Gasteiger partial charge in [-0.15, -0.1) is 0 Å². The molecule has 0 aliphatic carbocycles. The molecule has 0 N–H and O–H groups in total. The second-order valence-electron chi connectivity index (χ2n) is 7.12. The number of halogens is 1. The number of hydrogen-bond acceptors (Lipinski definition) is 4. The minimum atomic E-state index is -3.66. The number of benzene rings is 2. The number of epoxide rings is 1. The van der Waals surface area contributed by atoms with E-state index in [0.717, 1.165) is 5.56 Å². The Hall–Kier alpha value is -1.37. The molecule has 2 aromatic carbocycles. The van der Waals surface area contributed by atoms with Gasteiger partial charge in [0.1, 0.15) is 18.5 Å². The summed E-state index contributed by atoms with van der Waals surface area (Å²) in [6.45, 7) is 7.28. The van der Waals surface area contributed by atoms with Crippen LogP contribution in [-0.2, 0) is 20.0 Å². The monoisotopic (exact) mass is 424 g/mol. The van der Waals surface area contributed by atoms with Crippen LogP contribution in [-0.4, -0.2) is 27.7 Å². The van der Waals surface area contributed by atoms with Gasteiger partial charge in [0, 0.05) is 0 Å². The summed E-state index contributed by atoms with van der Waals surface area (Å²) in [5.41, 5.74) is 0.848. The predicted octanol–water partition coefficient (Wildman–Crippen LogP) is 4.36. The van der Waals surface area contributed by atoms with Gasteiger partial charge in [-0.05, 0) is 51.2 Å². The third-order valence-electron chi connectivity index (χ3n) is 4.05. The molecule has 1 fully saturated rings. The highest BCUT2D eigenvalue weighted by Gasteiger charge is 2.26. The van der Waals surface area contributed by atoms with E-state index in [9.17, 15) is 8.42 Å². The Morgan fingerprint density at radius 1 is 1.20 bits per heavy atom. The van der Waals surface area contributed by atoms with Gasteiger partial charge in [0.25, 0.3) is 0 Å². The quantitative estimate of drug-likeness (QED) is 0.669. The molecule has 1 unspecified atom stereocenters.